The van der Waals surface area contributed by atoms with Crippen LogP contribution in [-0.2, 0) is 20.1 Å². The lowest BCUT2D eigenvalue weighted by atomic mass is 9.85. The lowest BCUT2D eigenvalue weighted by Gasteiger charge is -2.31. The predicted octanol–water partition coefficient (Wildman–Crippen LogP) is 7.04. The van der Waals surface area contributed by atoms with Crippen molar-refractivity contribution in [2.45, 2.75) is 64.3 Å². The minimum atomic E-state index is -4.22. The van der Waals surface area contributed by atoms with Crippen molar-refractivity contribution in [1.82, 2.24) is 24.8 Å². The Kier molecular flexibility index (Phi) is 9.47. The van der Waals surface area contributed by atoms with Gasteiger partial charge in [-0.25, -0.2) is 4.98 Å². The maximum absolute atomic E-state index is 13.8. The summed E-state index contributed by atoms with van der Waals surface area (Å²) in [4.78, 5) is 46.0. The first-order valence-corrected chi connectivity index (χ1v) is 17.9. The molecule has 3 N–H and O–H groups in total. The van der Waals surface area contributed by atoms with Gasteiger partial charge in [0.25, 0.3) is 17.4 Å². The average Bonchev–Trinajstić information content (AvgIpc) is 3.58. The number of amides is 2. The van der Waals surface area contributed by atoms with Gasteiger partial charge >= 0.3 is 6.18 Å². The molecule has 1 saturated heterocycles. The van der Waals surface area contributed by atoms with Crippen molar-refractivity contribution in [3.63, 3.8) is 0 Å². The number of piperidine rings is 1. The number of anilines is 3. The van der Waals surface area contributed by atoms with Crippen LogP contribution in [0.3, 0.4) is 0 Å². The van der Waals surface area contributed by atoms with Gasteiger partial charge in [0, 0.05) is 45.3 Å². The SMILES string of the molecule is CCn1c(C(=O)NCc2ccc(Cl)c(Nc3nc4cc(C(=O)NC5CCC(C(F)(F)F)CC5)c(N5CC6CC6C5)cc4n3C)c2Cl)cccc1=O. The fourth-order valence-electron chi connectivity index (χ4n) is 7.47. The number of alkyl halides is 3. The highest BCUT2D eigenvalue weighted by atomic mass is 35.5. The van der Waals surface area contributed by atoms with Crippen LogP contribution in [0.4, 0.5) is 30.5 Å². The Balaban J connectivity index is 1.13. The van der Waals surface area contributed by atoms with Crippen molar-refractivity contribution >= 4 is 63.4 Å². The maximum atomic E-state index is 13.8. The highest BCUT2D eigenvalue weighted by molar-refractivity contribution is 6.39. The molecular weight excluding hydrogens is 706 g/mol. The van der Waals surface area contributed by atoms with Crippen LogP contribution in [0, 0.1) is 17.8 Å². The van der Waals surface area contributed by atoms with Gasteiger partial charge in [0.1, 0.15) is 5.69 Å². The molecule has 7 rings (SSSR count). The number of aromatic nitrogens is 3. The number of nitrogens with one attached hydrogen (secondary N) is 3. The van der Waals surface area contributed by atoms with Gasteiger partial charge in [-0.15, -0.1) is 0 Å². The topological polar surface area (TPSA) is 113 Å². The summed E-state index contributed by atoms with van der Waals surface area (Å²) in [5, 5.41) is 9.68. The number of hydrogen-bond acceptors (Lipinski definition) is 6. The third-order valence-corrected chi connectivity index (χ3v) is 11.3. The van der Waals surface area contributed by atoms with E-state index in [0.717, 1.165) is 24.3 Å². The second-order valence-electron chi connectivity index (χ2n) is 13.8. The molecule has 2 atom stereocenters. The summed E-state index contributed by atoms with van der Waals surface area (Å²) >= 11 is 13.4. The number of benzene rings is 2. The first-order valence-electron chi connectivity index (χ1n) is 17.2. The van der Waals surface area contributed by atoms with Crippen LogP contribution in [0.2, 0.25) is 10.0 Å². The van der Waals surface area contributed by atoms with E-state index >= 15 is 0 Å². The van der Waals surface area contributed by atoms with Crippen molar-refractivity contribution < 1.29 is 22.8 Å². The van der Waals surface area contributed by atoms with Crippen molar-refractivity contribution in [3.05, 3.63) is 79.7 Å². The Hall–Kier alpha value is -4.23. The third-order valence-electron chi connectivity index (χ3n) is 10.5. The highest BCUT2D eigenvalue weighted by Gasteiger charge is 2.46. The Morgan fingerprint density at radius 1 is 1.00 bits per heavy atom. The summed E-state index contributed by atoms with van der Waals surface area (Å²) in [5.74, 6) is -0.470. The van der Waals surface area contributed by atoms with Gasteiger partial charge in [-0.1, -0.05) is 35.3 Å². The van der Waals surface area contributed by atoms with E-state index in [1.807, 2.05) is 17.7 Å². The fourth-order valence-corrected chi connectivity index (χ4v) is 8.01. The number of imidazole rings is 1. The van der Waals surface area contributed by atoms with E-state index in [1.165, 1.54) is 23.1 Å². The lowest BCUT2D eigenvalue weighted by molar-refractivity contribution is -0.182. The predicted molar refractivity (Wildman–Crippen MR) is 191 cm³/mol. The summed E-state index contributed by atoms with van der Waals surface area (Å²) in [5.41, 5.74) is 3.43. The van der Waals surface area contributed by atoms with Crippen LogP contribution in [0.1, 0.15) is 65.4 Å². The van der Waals surface area contributed by atoms with E-state index in [1.54, 1.807) is 31.2 Å². The van der Waals surface area contributed by atoms with Gasteiger partial charge in [-0.2, -0.15) is 13.2 Å². The summed E-state index contributed by atoms with van der Waals surface area (Å²) < 4.78 is 43.0. The standard InChI is InChI=1S/C36H38Cl2F3N7O3/c1-3-48-27(5-4-6-30(48)49)34(51)42-16-19-7-12-25(37)32(31(19)38)45-35-44-26-14-24(33(50)43-23-10-8-22(9-11-23)36(39,40)41)28(15-29(26)46(35)2)47-17-20-13-21(20)18-47/h4-7,12,14-15,20-23H,3,8-11,13,16-18H2,1-2H3,(H,42,51)(H,43,50)(H,44,45). The van der Waals surface area contributed by atoms with Crippen molar-refractivity contribution in [3.8, 4) is 0 Å². The number of carbonyl (C=O) groups is 2. The number of fused-ring (bicyclic) bond motifs is 2. The molecule has 51 heavy (non-hydrogen) atoms. The van der Waals surface area contributed by atoms with Gasteiger partial charge < -0.3 is 30.0 Å². The molecule has 3 aliphatic rings. The lowest BCUT2D eigenvalue weighted by Crippen LogP contribution is -2.40. The largest absolute Gasteiger partial charge is 0.391 e. The molecule has 3 fully saturated rings. The zero-order valence-corrected chi connectivity index (χ0v) is 29.6. The van der Waals surface area contributed by atoms with E-state index in [2.05, 4.69) is 20.9 Å². The van der Waals surface area contributed by atoms with Crippen LogP contribution in [0.25, 0.3) is 11.0 Å². The number of nitrogens with zero attached hydrogens (tertiary/aromatic N) is 4. The Bertz CT molecular complexity index is 2060. The first kappa shape index (κ1) is 35.2. The van der Waals surface area contributed by atoms with Crippen molar-refractivity contribution in [2.75, 3.05) is 23.3 Å². The quantitative estimate of drug-likeness (QED) is 0.170. The summed E-state index contributed by atoms with van der Waals surface area (Å²) in [6, 6.07) is 11.2. The van der Waals surface area contributed by atoms with E-state index in [-0.39, 0.29) is 60.5 Å². The Morgan fingerprint density at radius 3 is 2.41 bits per heavy atom. The number of rotatable bonds is 9. The Labute approximate surface area is 302 Å². The molecule has 2 aromatic carbocycles. The third kappa shape index (κ3) is 7.02. The van der Waals surface area contributed by atoms with Crippen LogP contribution < -0.4 is 26.4 Å². The maximum Gasteiger partial charge on any atom is 0.391 e. The average molecular weight is 745 g/mol. The second kappa shape index (κ2) is 13.7. The van der Waals surface area contributed by atoms with Gasteiger partial charge in [0.2, 0.25) is 5.95 Å². The molecule has 15 heteroatoms. The molecule has 1 aliphatic heterocycles. The summed E-state index contributed by atoms with van der Waals surface area (Å²) in [7, 11) is 1.83. The smallest absolute Gasteiger partial charge is 0.370 e. The van der Waals surface area contributed by atoms with E-state index in [0.29, 0.717) is 51.7 Å². The van der Waals surface area contributed by atoms with Crippen LogP contribution in [0.5, 0.6) is 0 Å². The normalized spacial score (nSPS) is 21.4. The molecule has 2 saturated carbocycles. The van der Waals surface area contributed by atoms with Gasteiger partial charge in [0.05, 0.1) is 43.9 Å². The second-order valence-corrected chi connectivity index (χ2v) is 14.6. The highest BCUT2D eigenvalue weighted by Crippen LogP contribution is 2.47. The van der Waals surface area contributed by atoms with Crippen molar-refractivity contribution in [2.24, 2.45) is 24.8 Å². The van der Waals surface area contributed by atoms with Gasteiger partial charge in [0.15, 0.2) is 0 Å². The van der Waals surface area contributed by atoms with Crippen LogP contribution in [-0.4, -0.2) is 51.2 Å². The number of aryl methyl sites for hydroxylation is 1. The summed E-state index contributed by atoms with van der Waals surface area (Å²) in [6.07, 6.45) is -2.50. The molecule has 2 aromatic heterocycles. The minimum absolute atomic E-state index is 0.00205. The first-order chi connectivity index (χ1) is 24.3. The molecule has 3 heterocycles. The van der Waals surface area contributed by atoms with E-state index in [4.69, 9.17) is 28.2 Å². The molecule has 0 bridgehead atoms. The molecule has 2 aliphatic carbocycles. The molecular formula is C36H38Cl2F3N7O3. The monoisotopic (exact) mass is 743 g/mol. The number of hydrogen-bond donors (Lipinski definition) is 3. The summed E-state index contributed by atoms with van der Waals surface area (Å²) in [6.45, 7) is 3.87. The fraction of sp³-hybridized carbons (Fsp3) is 0.444. The number of pyridine rings is 1. The van der Waals surface area contributed by atoms with Crippen LogP contribution >= 0.6 is 23.2 Å². The van der Waals surface area contributed by atoms with Gasteiger partial charge in [-0.3, -0.25) is 14.4 Å². The molecule has 4 aromatic rings. The molecule has 0 radical (unpaired) electrons. The molecule has 0 spiro atoms. The number of carbonyl (C=O) groups excluding carboxylic acids is 2. The molecule has 2 amide bonds. The van der Waals surface area contributed by atoms with E-state index < -0.39 is 18.0 Å². The molecule has 2 unspecified atom stereocenters. The zero-order valence-electron chi connectivity index (χ0n) is 28.1. The van der Waals surface area contributed by atoms with Crippen LogP contribution in [0.15, 0.2) is 47.3 Å². The zero-order chi connectivity index (χ0) is 36.2. The van der Waals surface area contributed by atoms with Crippen molar-refractivity contribution in [1.29, 1.82) is 0 Å². The number of halogens is 5. The van der Waals surface area contributed by atoms with Gasteiger partial charge in [-0.05, 0) is 80.7 Å². The Morgan fingerprint density at radius 2 is 1.73 bits per heavy atom. The minimum Gasteiger partial charge on any atom is -0.370 e. The molecule has 10 nitrogen and oxygen atoms in total. The van der Waals surface area contributed by atoms with E-state index in [9.17, 15) is 27.6 Å². The molecule has 270 valence electrons.